The summed E-state index contributed by atoms with van der Waals surface area (Å²) in [6.07, 6.45) is 0. The lowest BCUT2D eigenvalue weighted by molar-refractivity contribution is 1.15. The van der Waals surface area contributed by atoms with Gasteiger partial charge in [-0.1, -0.05) is 34.1 Å². The van der Waals surface area contributed by atoms with Crippen LogP contribution in [0.5, 0.6) is 0 Å². The van der Waals surface area contributed by atoms with Gasteiger partial charge < -0.3 is 11.1 Å². The monoisotopic (exact) mass is 290 g/mol. The summed E-state index contributed by atoms with van der Waals surface area (Å²) in [6.45, 7) is 2.80. The number of rotatable bonds is 3. The zero-order valence-corrected chi connectivity index (χ0v) is 11.3. The van der Waals surface area contributed by atoms with E-state index in [2.05, 4.69) is 33.4 Å². The van der Waals surface area contributed by atoms with Crippen LogP contribution in [0.15, 0.2) is 46.9 Å². The Hall–Kier alpha value is -1.48. The summed E-state index contributed by atoms with van der Waals surface area (Å²) in [7, 11) is 0. The lowest BCUT2D eigenvalue weighted by Crippen LogP contribution is -2.00. The molecule has 88 valence electrons. The molecule has 0 aliphatic heterocycles. The van der Waals surface area contributed by atoms with E-state index in [0.29, 0.717) is 0 Å². The Morgan fingerprint density at radius 1 is 1.18 bits per heavy atom. The predicted octanol–water partition coefficient (Wildman–Crippen LogP) is 3.95. The van der Waals surface area contributed by atoms with Crippen LogP contribution in [0.4, 0.5) is 11.4 Å². The first-order valence-electron chi connectivity index (χ1n) is 5.49. The molecule has 2 nitrogen and oxygen atoms in total. The van der Waals surface area contributed by atoms with Gasteiger partial charge in [-0.3, -0.25) is 0 Å². The van der Waals surface area contributed by atoms with Crippen molar-refractivity contribution in [1.82, 2.24) is 0 Å². The van der Waals surface area contributed by atoms with Crippen LogP contribution in [-0.2, 0) is 6.54 Å². The zero-order chi connectivity index (χ0) is 12.3. The number of anilines is 2. The minimum absolute atomic E-state index is 0.794. The number of halogens is 1. The molecule has 0 atom stereocenters. The Morgan fingerprint density at radius 2 is 2.00 bits per heavy atom. The van der Waals surface area contributed by atoms with E-state index in [1.54, 1.807) is 0 Å². The van der Waals surface area contributed by atoms with Gasteiger partial charge in [-0.15, -0.1) is 0 Å². The topological polar surface area (TPSA) is 38.0 Å². The Labute approximate surface area is 110 Å². The summed E-state index contributed by atoms with van der Waals surface area (Å²) in [6, 6.07) is 14.3. The summed E-state index contributed by atoms with van der Waals surface area (Å²) in [5.41, 5.74) is 10.1. The molecule has 0 aliphatic carbocycles. The molecule has 2 rings (SSSR count). The fourth-order valence-corrected chi connectivity index (χ4v) is 2.05. The Bertz CT molecular complexity index is 523. The average molecular weight is 291 g/mol. The molecule has 0 unspecified atom stereocenters. The van der Waals surface area contributed by atoms with Gasteiger partial charge in [-0.05, 0) is 42.3 Å². The minimum atomic E-state index is 0.794. The van der Waals surface area contributed by atoms with E-state index >= 15 is 0 Å². The first-order chi connectivity index (χ1) is 8.15. The maximum atomic E-state index is 5.87. The van der Waals surface area contributed by atoms with Gasteiger partial charge in [0.25, 0.3) is 0 Å². The molecule has 0 fully saturated rings. The SMILES string of the molecule is Cc1ccc(NCc2cccc(Br)c2)cc1N. The Morgan fingerprint density at radius 3 is 2.71 bits per heavy atom. The largest absolute Gasteiger partial charge is 0.398 e. The normalized spacial score (nSPS) is 10.2. The third-order valence-electron chi connectivity index (χ3n) is 2.66. The zero-order valence-electron chi connectivity index (χ0n) is 9.70. The molecule has 0 saturated heterocycles. The van der Waals surface area contributed by atoms with Crippen LogP contribution in [-0.4, -0.2) is 0 Å². The second-order valence-corrected chi connectivity index (χ2v) is 4.97. The Balaban J connectivity index is 2.05. The molecule has 0 radical (unpaired) electrons. The first-order valence-corrected chi connectivity index (χ1v) is 6.29. The number of hydrogen-bond donors (Lipinski definition) is 2. The molecule has 0 aromatic heterocycles. The summed E-state index contributed by atoms with van der Waals surface area (Å²) >= 11 is 3.46. The molecule has 0 heterocycles. The molecule has 2 aromatic rings. The van der Waals surface area contributed by atoms with E-state index in [1.807, 2.05) is 37.3 Å². The summed E-state index contributed by atoms with van der Waals surface area (Å²) in [5, 5.41) is 3.36. The lowest BCUT2D eigenvalue weighted by Gasteiger charge is -2.09. The fraction of sp³-hybridized carbons (Fsp3) is 0.143. The van der Waals surface area contributed by atoms with Crippen molar-refractivity contribution in [2.24, 2.45) is 0 Å². The highest BCUT2D eigenvalue weighted by atomic mass is 79.9. The summed E-state index contributed by atoms with van der Waals surface area (Å²) < 4.78 is 1.10. The van der Waals surface area contributed by atoms with Gasteiger partial charge in [-0.2, -0.15) is 0 Å². The third kappa shape index (κ3) is 3.24. The minimum Gasteiger partial charge on any atom is -0.398 e. The van der Waals surface area contributed by atoms with Gasteiger partial charge in [0.1, 0.15) is 0 Å². The molecule has 0 amide bonds. The number of benzene rings is 2. The van der Waals surface area contributed by atoms with Crippen molar-refractivity contribution in [3.8, 4) is 0 Å². The maximum absolute atomic E-state index is 5.87. The van der Waals surface area contributed by atoms with E-state index in [9.17, 15) is 0 Å². The van der Waals surface area contributed by atoms with Gasteiger partial charge in [-0.25, -0.2) is 0 Å². The average Bonchev–Trinajstić information content (AvgIpc) is 2.31. The lowest BCUT2D eigenvalue weighted by atomic mass is 10.1. The van der Waals surface area contributed by atoms with Crippen LogP contribution in [0, 0.1) is 6.92 Å². The molecular weight excluding hydrogens is 276 g/mol. The summed E-state index contributed by atoms with van der Waals surface area (Å²) in [5.74, 6) is 0. The number of nitrogens with one attached hydrogen (secondary N) is 1. The second kappa shape index (κ2) is 5.23. The smallest absolute Gasteiger partial charge is 0.0401 e. The fourth-order valence-electron chi connectivity index (χ4n) is 1.60. The van der Waals surface area contributed by atoms with Crippen LogP contribution in [0.1, 0.15) is 11.1 Å². The van der Waals surface area contributed by atoms with Crippen molar-refractivity contribution in [1.29, 1.82) is 0 Å². The van der Waals surface area contributed by atoms with E-state index in [4.69, 9.17) is 5.73 Å². The highest BCUT2D eigenvalue weighted by Gasteiger charge is 1.97. The van der Waals surface area contributed by atoms with E-state index < -0.39 is 0 Å². The molecule has 0 aliphatic rings. The van der Waals surface area contributed by atoms with Crippen LogP contribution in [0.2, 0.25) is 0 Å². The highest BCUT2D eigenvalue weighted by molar-refractivity contribution is 9.10. The van der Waals surface area contributed by atoms with Crippen LogP contribution >= 0.6 is 15.9 Å². The second-order valence-electron chi connectivity index (χ2n) is 4.05. The van der Waals surface area contributed by atoms with Crippen molar-refractivity contribution in [2.75, 3.05) is 11.1 Å². The van der Waals surface area contributed by atoms with Crippen LogP contribution in [0.3, 0.4) is 0 Å². The van der Waals surface area contributed by atoms with Crippen molar-refractivity contribution >= 4 is 27.3 Å². The molecule has 0 bridgehead atoms. The predicted molar refractivity (Wildman–Crippen MR) is 77.1 cm³/mol. The van der Waals surface area contributed by atoms with E-state index in [0.717, 1.165) is 28.0 Å². The molecule has 17 heavy (non-hydrogen) atoms. The van der Waals surface area contributed by atoms with Crippen LogP contribution < -0.4 is 11.1 Å². The quantitative estimate of drug-likeness (QED) is 0.840. The van der Waals surface area contributed by atoms with Gasteiger partial charge in [0.15, 0.2) is 0 Å². The van der Waals surface area contributed by atoms with E-state index in [-0.39, 0.29) is 0 Å². The van der Waals surface area contributed by atoms with Gasteiger partial charge in [0.05, 0.1) is 0 Å². The maximum Gasteiger partial charge on any atom is 0.0401 e. The van der Waals surface area contributed by atoms with Crippen molar-refractivity contribution in [3.05, 3.63) is 58.1 Å². The molecule has 0 spiro atoms. The first kappa shape index (κ1) is 12.0. The molecule has 2 aromatic carbocycles. The van der Waals surface area contributed by atoms with Crippen molar-refractivity contribution < 1.29 is 0 Å². The number of aryl methyl sites for hydroxylation is 1. The number of nitrogens with two attached hydrogens (primary N) is 1. The Kier molecular flexibility index (Phi) is 3.69. The summed E-state index contributed by atoms with van der Waals surface area (Å²) in [4.78, 5) is 0. The van der Waals surface area contributed by atoms with Crippen LogP contribution in [0.25, 0.3) is 0 Å². The number of hydrogen-bond acceptors (Lipinski definition) is 2. The van der Waals surface area contributed by atoms with Gasteiger partial charge in [0.2, 0.25) is 0 Å². The molecule has 0 saturated carbocycles. The standard InChI is InChI=1S/C14H15BrN2/c1-10-5-6-13(8-14(10)16)17-9-11-3-2-4-12(15)7-11/h2-8,17H,9,16H2,1H3. The number of nitrogen functional groups attached to an aromatic ring is 1. The van der Waals surface area contributed by atoms with Gasteiger partial charge >= 0.3 is 0 Å². The van der Waals surface area contributed by atoms with E-state index in [1.165, 1.54) is 5.56 Å². The molecular formula is C14H15BrN2. The third-order valence-corrected chi connectivity index (χ3v) is 3.16. The van der Waals surface area contributed by atoms with Crippen molar-refractivity contribution in [2.45, 2.75) is 13.5 Å². The van der Waals surface area contributed by atoms with Crippen molar-refractivity contribution in [3.63, 3.8) is 0 Å². The molecule has 3 N–H and O–H groups in total. The highest BCUT2D eigenvalue weighted by Crippen LogP contribution is 2.18. The molecule has 3 heteroatoms. The van der Waals surface area contributed by atoms with Gasteiger partial charge in [0, 0.05) is 22.4 Å².